The first kappa shape index (κ1) is 14.5. The number of nitrogens with two attached hydrogens (primary N) is 1. The highest BCUT2D eigenvalue weighted by Gasteiger charge is 2.35. The number of rotatable bonds is 4. The molecule has 1 nitrogen and oxygen atoms in total. The molecule has 1 fully saturated rings. The zero-order chi connectivity index (χ0) is 13.2. The molecule has 0 radical (unpaired) electrons. The van der Waals surface area contributed by atoms with Crippen molar-refractivity contribution in [3.63, 3.8) is 0 Å². The highest BCUT2D eigenvalue weighted by atomic mass is 79.9. The van der Waals surface area contributed by atoms with Gasteiger partial charge in [0.15, 0.2) is 0 Å². The predicted molar refractivity (Wildman–Crippen MR) is 84.0 cm³/mol. The molecule has 102 valence electrons. The van der Waals surface area contributed by atoms with Gasteiger partial charge in [-0.3, -0.25) is 0 Å². The zero-order valence-corrected chi connectivity index (χ0v) is 13.8. The van der Waals surface area contributed by atoms with Gasteiger partial charge in [-0.25, -0.2) is 0 Å². The van der Waals surface area contributed by atoms with Crippen LogP contribution in [0.4, 0.5) is 0 Å². The summed E-state index contributed by atoms with van der Waals surface area (Å²) in [5, 5.41) is 2.18. The Hall–Kier alpha value is 0.140. The molecule has 1 saturated carbocycles. The second-order valence-electron chi connectivity index (χ2n) is 6.19. The van der Waals surface area contributed by atoms with Crippen LogP contribution < -0.4 is 5.73 Å². The number of hydrogen-bond donors (Lipinski definition) is 1. The van der Waals surface area contributed by atoms with Gasteiger partial charge in [-0.2, -0.15) is 0 Å². The topological polar surface area (TPSA) is 26.0 Å². The lowest BCUT2D eigenvalue weighted by atomic mass is 9.66. The Balaban J connectivity index is 2.00. The maximum Gasteiger partial charge on any atom is 0.0285 e. The fourth-order valence-electron chi connectivity index (χ4n) is 3.19. The first-order valence-corrected chi connectivity index (χ1v) is 8.65. The number of halogens is 1. The van der Waals surface area contributed by atoms with Gasteiger partial charge in [0.25, 0.3) is 0 Å². The van der Waals surface area contributed by atoms with E-state index in [2.05, 4.69) is 41.2 Å². The van der Waals surface area contributed by atoms with Crippen LogP contribution in [-0.4, -0.2) is 6.54 Å². The molecule has 0 bridgehead atoms. The highest BCUT2D eigenvalue weighted by Crippen LogP contribution is 2.43. The van der Waals surface area contributed by atoms with E-state index in [1.807, 2.05) is 11.3 Å². The molecule has 1 aromatic heterocycles. The molecule has 0 spiro atoms. The molecule has 3 heteroatoms. The van der Waals surface area contributed by atoms with Crippen molar-refractivity contribution in [1.29, 1.82) is 0 Å². The molecular formula is C15H24BrNS. The fraction of sp³-hybridized carbons (Fsp3) is 0.733. The van der Waals surface area contributed by atoms with Gasteiger partial charge in [0.1, 0.15) is 0 Å². The van der Waals surface area contributed by atoms with Crippen LogP contribution >= 0.6 is 27.3 Å². The maximum atomic E-state index is 6.11. The van der Waals surface area contributed by atoms with Gasteiger partial charge >= 0.3 is 0 Å². The van der Waals surface area contributed by atoms with E-state index in [1.165, 1.54) is 41.5 Å². The lowest BCUT2D eigenvalue weighted by Crippen LogP contribution is -2.37. The van der Waals surface area contributed by atoms with E-state index < -0.39 is 0 Å². The normalized spacial score (nSPS) is 28.8. The van der Waals surface area contributed by atoms with E-state index in [4.69, 9.17) is 5.73 Å². The Morgan fingerprint density at radius 1 is 1.44 bits per heavy atom. The monoisotopic (exact) mass is 329 g/mol. The standard InChI is InChI=1S/C15H24BrNS/c1-11(2)12-3-5-15(10-17,6-4-12)8-14-7-13(16)9-18-14/h7,9,11-12H,3-6,8,10,17H2,1-2H3. The minimum Gasteiger partial charge on any atom is -0.330 e. The molecule has 1 aliphatic carbocycles. The minimum atomic E-state index is 0.371. The van der Waals surface area contributed by atoms with Crippen LogP contribution in [0.2, 0.25) is 0 Å². The molecule has 0 saturated heterocycles. The number of hydrogen-bond acceptors (Lipinski definition) is 2. The summed E-state index contributed by atoms with van der Waals surface area (Å²) >= 11 is 5.41. The lowest BCUT2D eigenvalue weighted by molar-refractivity contribution is 0.133. The van der Waals surface area contributed by atoms with Gasteiger partial charge in [0, 0.05) is 14.7 Å². The third-order valence-electron chi connectivity index (χ3n) is 4.64. The van der Waals surface area contributed by atoms with Crippen LogP contribution in [-0.2, 0) is 6.42 Å². The van der Waals surface area contributed by atoms with Gasteiger partial charge < -0.3 is 5.73 Å². The minimum absolute atomic E-state index is 0.371. The summed E-state index contributed by atoms with van der Waals surface area (Å²) in [6.45, 7) is 5.56. The Bertz CT molecular complexity index is 378. The largest absolute Gasteiger partial charge is 0.330 e. The molecule has 0 aromatic carbocycles. The van der Waals surface area contributed by atoms with Crippen molar-refractivity contribution in [3.8, 4) is 0 Å². The summed E-state index contributed by atoms with van der Waals surface area (Å²) in [4.78, 5) is 1.48. The summed E-state index contributed by atoms with van der Waals surface area (Å²) in [6, 6.07) is 2.26. The SMILES string of the molecule is CC(C)C1CCC(CN)(Cc2cc(Br)cs2)CC1. The lowest BCUT2D eigenvalue weighted by Gasteiger charge is -2.40. The van der Waals surface area contributed by atoms with Gasteiger partial charge in [0.2, 0.25) is 0 Å². The molecule has 0 aliphatic heterocycles. The van der Waals surface area contributed by atoms with E-state index in [-0.39, 0.29) is 0 Å². The molecule has 0 unspecified atom stereocenters. The van der Waals surface area contributed by atoms with E-state index in [1.54, 1.807) is 0 Å². The Morgan fingerprint density at radius 3 is 2.56 bits per heavy atom. The van der Waals surface area contributed by atoms with Crippen molar-refractivity contribution in [2.75, 3.05) is 6.54 Å². The Morgan fingerprint density at radius 2 is 2.11 bits per heavy atom. The maximum absolute atomic E-state index is 6.11. The third kappa shape index (κ3) is 3.37. The smallest absolute Gasteiger partial charge is 0.0285 e. The van der Waals surface area contributed by atoms with Crippen molar-refractivity contribution in [2.24, 2.45) is 23.0 Å². The molecule has 1 aliphatic rings. The highest BCUT2D eigenvalue weighted by molar-refractivity contribution is 9.10. The quantitative estimate of drug-likeness (QED) is 0.839. The molecule has 2 rings (SSSR count). The first-order valence-electron chi connectivity index (χ1n) is 6.98. The van der Waals surface area contributed by atoms with Crippen molar-refractivity contribution in [2.45, 2.75) is 46.0 Å². The molecule has 0 atom stereocenters. The van der Waals surface area contributed by atoms with Crippen molar-refractivity contribution in [3.05, 3.63) is 20.8 Å². The zero-order valence-electron chi connectivity index (χ0n) is 11.4. The molecule has 18 heavy (non-hydrogen) atoms. The summed E-state index contributed by atoms with van der Waals surface area (Å²) in [6.07, 6.45) is 6.51. The van der Waals surface area contributed by atoms with Crippen LogP contribution in [0.25, 0.3) is 0 Å². The van der Waals surface area contributed by atoms with Crippen molar-refractivity contribution >= 4 is 27.3 Å². The average Bonchev–Trinajstić information content (AvgIpc) is 2.75. The van der Waals surface area contributed by atoms with Crippen LogP contribution in [0, 0.1) is 17.3 Å². The Kier molecular flexibility index (Phi) is 4.90. The summed E-state index contributed by atoms with van der Waals surface area (Å²) in [5.74, 6) is 1.75. The van der Waals surface area contributed by atoms with E-state index >= 15 is 0 Å². The average molecular weight is 330 g/mol. The molecule has 2 N–H and O–H groups in total. The van der Waals surface area contributed by atoms with Crippen molar-refractivity contribution < 1.29 is 0 Å². The summed E-state index contributed by atoms with van der Waals surface area (Å²) in [7, 11) is 0. The van der Waals surface area contributed by atoms with E-state index in [0.29, 0.717) is 5.41 Å². The van der Waals surface area contributed by atoms with Crippen LogP contribution in [0.15, 0.2) is 15.9 Å². The summed E-state index contributed by atoms with van der Waals surface area (Å²) < 4.78 is 1.21. The van der Waals surface area contributed by atoms with Crippen molar-refractivity contribution in [1.82, 2.24) is 0 Å². The second-order valence-corrected chi connectivity index (χ2v) is 8.11. The van der Waals surface area contributed by atoms with Gasteiger partial charge in [-0.15, -0.1) is 11.3 Å². The molecule has 1 heterocycles. The number of thiophene rings is 1. The Labute approximate surface area is 123 Å². The van der Waals surface area contributed by atoms with Gasteiger partial charge in [-0.1, -0.05) is 13.8 Å². The second kappa shape index (κ2) is 6.06. The molecule has 0 amide bonds. The molecular weight excluding hydrogens is 306 g/mol. The first-order chi connectivity index (χ1) is 8.54. The van der Waals surface area contributed by atoms with Gasteiger partial charge in [0.05, 0.1) is 0 Å². The van der Waals surface area contributed by atoms with E-state index in [9.17, 15) is 0 Å². The van der Waals surface area contributed by atoms with Crippen LogP contribution in [0.5, 0.6) is 0 Å². The van der Waals surface area contributed by atoms with E-state index in [0.717, 1.165) is 18.4 Å². The van der Waals surface area contributed by atoms with Gasteiger partial charge in [-0.05, 0) is 77.9 Å². The molecule has 1 aromatic rings. The van der Waals surface area contributed by atoms with Crippen LogP contribution in [0.1, 0.15) is 44.4 Å². The summed E-state index contributed by atoms with van der Waals surface area (Å²) in [5.41, 5.74) is 6.48. The van der Waals surface area contributed by atoms with Crippen LogP contribution in [0.3, 0.4) is 0 Å². The predicted octanol–water partition coefficient (Wildman–Crippen LogP) is 4.84. The fourth-order valence-corrected chi connectivity index (χ4v) is 4.81. The third-order valence-corrected chi connectivity index (χ3v) is 6.34.